The predicted molar refractivity (Wildman–Crippen MR) is 136 cm³/mol. The van der Waals surface area contributed by atoms with Crippen LogP contribution in [-0.2, 0) is 21.4 Å². The number of nitrogens with one attached hydrogen (secondary N) is 1. The van der Waals surface area contributed by atoms with Crippen LogP contribution in [0.5, 0.6) is 0 Å². The Kier molecular flexibility index (Phi) is 6.76. The van der Waals surface area contributed by atoms with E-state index in [9.17, 15) is 13.2 Å². The first-order chi connectivity index (χ1) is 15.4. The van der Waals surface area contributed by atoms with Crippen LogP contribution in [0, 0.1) is 3.57 Å². The Hall–Kier alpha value is -2.91. The normalized spacial score (nSPS) is 11.3. The van der Waals surface area contributed by atoms with Crippen molar-refractivity contribution in [1.82, 2.24) is 5.32 Å². The number of hydrogen-bond acceptors (Lipinski definition) is 3. The van der Waals surface area contributed by atoms with Crippen LogP contribution in [0.15, 0.2) is 102 Å². The second-order valence-electron chi connectivity index (χ2n) is 7.26. The molecule has 4 aromatic carbocycles. The van der Waals surface area contributed by atoms with Gasteiger partial charge in [-0.25, -0.2) is 8.42 Å². The molecule has 5 nitrogen and oxygen atoms in total. The van der Waals surface area contributed by atoms with E-state index in [1.165, 1.54) is 12.1 Å². The molecule has 4 aromatic rings. The van der Waals surface area contributed by atoms with Gasteiger partial charge >= 0.3 is 0 Å². The number of nitrogens with zero attached hydrogens (tertiary/aromatic N) is 1. The summed E-state index contributed by atoms with van der Waals surface area (Å²) in [5.41, 5.74) is 1.39. The van der Waals surface area contributed by atoms with E-state index < -0.39 is 10.0 Å². The molecule has 0 aliphatic carbocycles. The van der Waals surface area contributed by atoms with E-state index in [1.807, 2.05) is 54.6 Å². The maximum absolute atomic E-state index is 13.3. The molecule has 0 aromatic heterocycles. The highest BCUT2D eigenvalue weighted by molar-refractivity contribution is 14.1. The summed E-state index contributed by atoms with van der Waals surface area (Å²) in [6.07, 6.45) is 0. The van der Waals surface area contributed by atoms with Crippen LogP contribution in [-0.4, -0.2) is 20.9 Å². The second kappa shape index (κ2) is 9.70. The summed E-state index contributed by atoms with van der Waals surface area (Å²) in [7, 11) is -3.90. The SMILES string of the molecule is O=C(CN(c1ccc(I)cc1)S(=O)(=O)c1ccccc1)NCc1ccc2ccccc2c1. The fourth-order valence-corrected chi connectivity index (χ4v) is 5.18. The third kappa shape index (κ3) is 5.11. The molecule has 0 saturated carbocycles. The highest BCUT2D eigenvalue weighted by atomic mass is 127. The smallest absolute Gasteiger partial charge is 0.264 e. The monoisotopic (exact) mass is 556 g/mol. The minimum Gasteiger partial charge on any atom is -0.350 e. The molecule has 32 heavy (non-hydrogen) atoms. The molecule has 0 aliphatic heterocycles. The van der Waals surface area contributed by atoms with Gasteiger partial charge in [-0.15, -0.1) is 0 Å². The summed E-state index contributed by atoms with van der Waals surface area (Å²) in [5, 5.41) is 5.07. The first-order valence-electron chi connectivity index (χ1n) is 10.0. The highest BCUT2D eigenvalue weighted by Crippen LogP contribution is 2.24. The van der Waals surface area contributed by atoms with E-state index in [2.05, 4.69) is 27.9 Å². The molecule has 0 radical (unpaired) electrons. The predicted octanol–water partition coefficient (Wildman–Crippen LogP) is 4.96. The first kappa shape index (κ1) is 22.3. The molecule has 0 saturated heterocycles. The van der Waals surface area contributed by atoms with E-state index in [4.69, 9.17) is 0 Å². The summed E-state index contributed by atoms with van der Waals surface area (Å²) in [6.45, 7) is 0.000974. The van der Waals surface area contributed by atoms with Gasteiger partial charge in [-0.05, 0) is 81.4 Å². The Balaban J connectivity index is 1.54. The number of rotatable bonds is 7. The van der Waals surface area contributed by atoms with Crippen LogP contribution in [0.2, 0.25) is 0 Å². The Morgan fingerprint density at radius 2 is 1.47 bits per heavy atom. The molecular weight excluding hydrogens is 535 g/mol. The number of fused-ring (bicyclic) bond motifs is 1. The van der Waals surface area contributed by atoms with Crippen LogP contribution in [0.1, 0.15) is 5.56 Å². The van der Waals surface area contributed by atoms with Gasteiger partial charge in [-0.2, -0.15) is 0 Å². The zero-order valence-electron chi connectivity index (χ0n) is 17.1. The molecule has 7 heteroatoms. The van der Waals surface area contributed by atoms with Crippen molar-refractivity contribution in [3.63, 3.8) is 0 Å². The van der Waals surface area contributed by atoms with Gasteiger partial charge in [0.05, 0.1) is 10.6 Å². The molecule has 0 unspecified atom stereocenters. The molecule has 0 atom stereocenters. The van der Waals surface area contributed by atoms with E-state index >= 15 is 0 Å². The zero-order chi connectivity index (χ0) is 22.6. The average Bonchev–Trinajstić information content (AvgIpc) is 2.82. The minimum absolute atomic E-state index is 0.140. The molecule has 0 aliphatic rings. The number of amides is 1. The minimum atomic E-state index is -3.90. The maximum atomic E-state index is 13.3. The quantitative estimate of drug-likeness (QED) is 0.328. The lowest BCUT2D eigenvalue weighted by atomic mass is 10.1. The third-order valence-corrected chi connectivity index (χ3v) is 7.54. The summed E-state index contributed by atoms with van der Waals surface area (Å²) in [6, 6.07) is 29.2. The second-order valence-corrected chi connectivity index (χ2v) is 10.4. The Bertz CT molecular complexity index is 1340. The maximum Gasteiger partial charge on any atom is 0.264 e. The van der Waals surface area contributed by atoms with E-state index in [0.717, 1.165) is 24.2 Å². The van der Waals surface area contributed by atoms with Crippen LogP contribution < -0.4 is 9.62 Å². The van der Waals surface area contributed by atoms with Crippen LogP contribution >= 0.6 is 22.6 Å². The van der Waals surface area contributed by atoms with Gasteiger partial charge in [-0.1, -0.05) is 54.6 Å². The van der Waals surface area contributed by atoms with Gasteiger partial charge in [0.1, 0.15) is 6.54 Å². The number of carbonyl (C=O) groups is 1. The van der Waals surface area contributed by atoms with Gasteiger partial charge in [0, 0.05) is 10.1 Å². The first-order valence-corrected chi connectivity index (χ1v) is 12.5. The summed E-state index contributed by atoms with van der Waals surface area (Å²) < 4.78 is 28.8. The zero-order valence-corrected chi connectivity index (χ0v) is 20.1. The topological polar surface area (TPSA) is 66.5 Å². The molecule has 1 amide bonds. The van der Waals surface area contributed by atoms with E-state index in [-0.39, 0.29) is 17.3 Å². The van der Waals surface area contributed by atoms with Gasteiger partial charge < -0.3 is 5.32 Å². The van der Waals surface area contributed by atoms with Crippen LogP contribution in [0.3, 0.4) is 0 Å². The highest BCUT2D eigenvalue weighted by Gasteiger charge is 2.27. The lowest BCUT2D eigenvalue weighted by molar-refractivity contribution is -0.119. The molecule has 0 fully saturated rings. The lowest BCUT2D eigenvalue weighted by Gasteiger charge is -2.24. The van der Waals surface area contributed by atoms with Crippen molar-refractivity contribution in [2.45, 2.75) is 11.4 Å². The van der Waals surface area contributed by atoms with Gasteiger partial charge in [-0.3, -0.25) is 9.10 Å². The lowest BCUT2D eigenvalue weighted by Crippen LogP contribution is -2.40. The third-order valence-electron chi connectivity index (χ3n) is 5.04. The standard InChI is InChI=1S/C25H21IN2O3S/c26-22-12-14-23(15-13-22)28(32(30,31)24-8-2-1-3-9-24)18-25(29)27-17-19-10-11-20-6-4-5-7-21(20)16-19/h1-16H,17-18H2,(H,27,29). The number of halogens is 1. The number of benzene rings is 4. The van der Waals surface area contributed by atoms with Gasteiger partial charge in [0.25, 0.3) is 10.0 Å². The molecular formula is C25H21IN2O3S. The van der Waals surface area contributed by atoms with E-state index in [1.54, 1.807) is 30.3 Å². The van der Waals surface area contributed by atoms with Crippen molar-refractivity contribution in [1.29, 1.82) is 0 Å². The van der Waals surface area contributed by atoms with Crippen molar-refractivity contribution < 1.29 is 13.2 Å². The summed E-state index contributed by atoms with van der Waals surface area (Å²) >= 11 is 2.16. The Morgan fingerprint density at radius 1 is 0.812 bits per heavy atom. The summed E-state index contributed by atoms with van der Waals surface area (Å²) in [4.78, 5) is 12.9. The fraction of sp³-hybridized carbons (Fsp3) is 0.0800. The summed E-state index contributed by atoms with van der Waals surface area (Å²) in [5.74, 6) is -0.379. The molecule has 162 valence electrons. The fourth-order valence-electron chi connectivity index (χ4n) is 3.38. The number of carbonyl (C=O) groups excluding carboxylic acids is 1. The number of sulfonamides is 1. The largest absolute Gasteiger partial charge is 0.350 e. The van der Waals surface area contributed by atoms with Crippen molar-refractivity contribution in [3.05, 3.63) is 106 Å². The molecule has 1 N–H and O–H groups in total. The average molecular weight is 556 g/mol. The Labute approximate surface area is 201 Å². The Morgan fingerprint density at radius 3 is 2.19 bits per heavy atom. The van der Waals surface area contributed by atoms with E-state index in [0.29, 0.717) is 12.2 Å². The van der Waals surface area contributed by atoms with Crippen molar-refractivity contribution in [2.75, 3.05) is 10.8 Å². The van der Waals surface area contributed by atoms with Crippen molar-refractivity contribution >= 4 is 55.0 Å². The molecule has 0 bridgehead atoms. The number of hydrogen-bond donors (Lipinski definition) is 1. The van der Waals surface area contributed by atoms with Crippen molar-refractivity contribution in [3.8, 4) is 0 Å². The molecule has 4 rings (SSSR count). The van der Waals surface area contributed by atoms with Gasteiger partial charge in [0.2, 0.25) is 5.91 Å². The van der Waals surface area contributed by atoms with Gasteiger partial charge in [0.15, 0.2) is 0 Å². The van der Waals surface area contributed by atoms with Crippen LogP contribution in [0.25, 0.3) is 10.8 Å². The number of anilines is 1. The van der Waals surface area contributed by atoms with Crippen molar-refractivity contribution in [2.24, 2.45) is 0 Å². The molecule has 0 heterocycles. The van der Waals surface area contributed by atoms with Crippen LogP contribution in [0.4, 0.5) is 5.69 Å². The molecule has 0 spiro atoms.